The Labute approximate surface area is 83.4 Å². The van der Waals surface area contributed by atoms with E-state index in [1.165, 1.54) is 0 Å². The Hall–Kier alpha value is -1.59. The van der Waals surface area contributed by atoms with E-state index in [1.54, 1.807) is 6.26 Å². The van der Waals surface area contributed by atoms with Crippen molar-refractivity contribution in [3.63, 3.8) is 0 Å². The van der Waals surface area contributed by atoms with Gasteiger partial charge in [0.2, 0.25) is 0 Å². The summed E-state index contributed by atoms with van der Waals surface area (Å²) in [6, 6.07) is 11.9. The maximum atomic E-state index is 9.75. The van der Waals surface area contributed by atoms with E-state index in [2.05, 4.69) is 0 Å². The lowest BCUT2D eigenvalue weighted by atomic mass is 10.2. The quantitative estimate of drug-likeness (QED) is 0.369. The smallest absolute Gasteiger partial charge is 0.418 e. The molecule has 0 aliphatic rings. The highest BCUT2D eigenvalue weighted by Gasteiger charge is 2.20. The molecule has 6 heteroatoms. The van der Waals surface area contributed by atoms with E-state index in [-0.39, 0.29) is 0 Å². The van der Waals surface area contributed by atoms with Gasteiger partial charge in [0.05, 0.1) is 5.39 Å². The van der Waals surface area contributed by atoms with Crippen molar-refractivity contribution in [1.29, 1.82) is 0 Å². The van der Waals surface area contributed by atoms with Crippen molar-refractivity contribution >= 4 is 18.2 Å². The second kappa shape index (κ2) is 4.77. The van der Waals surface area contributed by atoms with Crippen molar-refractivity contribution in [3.8, 4) is 0 Å². The van der Waals surface area contributed by atoms with Crippen LogP contribution in [0.1, 0.15) is 0 Å². The Bertz CT molecular complexity index is 358. The van der Waals surface area contributed by atoms with Gasteiger partial charge in [-0.1, -0.05) is 12.1 Å². The van der Waals surface area contributed by atoms with Gasteiger partial charge in [0.1, 0.15) is 0 Å². The Balaban J connectivity index is 0.000000195. The van der Waals surface area contributed by atoms with Gasteiger partial charge in [0, 0.05) is 12.1 Å². The standard InChI is InChI=1S/C9H7O.BF4/c1-2-6-9-8(4-1)5-3-7-10-9;2-1(3,4)5/h1-7H;/q+1;-1. The van der Waals surface area contributed by atoms with Crippen LogP contribution in [0.15, 0.2) is 47.1 Å². The monoisotopic (exact) mass is 218 g/mol. The summed E-state index contributed by atoms with van der Waals surface area (Å²) in [4.78, 5) is 0. The Kier molecular flexibility index (Phi) is 3.65. The van der Waals surface area contributed by atoms with Crippen molar-refractivity contribution in [2.24, 2.45) is 0 Å². The van der Waals surface area contributed by atoms with Crippen LogP contribution in [0.4, 0.5) is 17.3 Å². The lowest BCUT2D eigenvalue weighted by Gasteiger charge is -1.94. The summed E-state index contributed by atoms with van der Waals surface area (Å²) in [5.41, 5.74) is 0.935. The van der Waals surface area contributed by atoms with Gasteiger partial charge >= 0.3 is 19.1 Å². The van der Waals surface area contributed by atoms with Crippen LogP contribution in [0.3, 0.4) is 0 Å². The molecular formula is C9H7BF4O. The van der Waals surface area contributed by atoms with Gasteiger partial charge in [-0.15, -0.1) is 0 Å². The molecule has 1 aromatic carbocycles. The van der Waals surface area contributed by atoms with Crippen molar-refractivity contribution in [2.75, 3.05) is 0 Å². The fraction of sp³-hybridized carbons (Fsp3) is 0. The van der Waals surface area contributed by atoms with Crippen molar-refractivity contribution in [3.05, 3.63) is 42.7 Å². The highest BCUT2D eigenvalue weighted by molar-refractivity contribution is 6.50. The lowest BCUT2D eigenvalue weighted by Crippen LogP contribution is -2.02. The topological polar surface area (TPSA) is 11.3 Å². The summed E-state index contributed by atoms with van der Waals surface area (Å²) in [5.74, 6) is 0. The summed E-state index contributed by atoms with van der Waals surface area (Å²) < 4.78 is 44.2. The molecule has 0 atom stereocenters. The Morgan fingerprint density at radius 2 is 1.40 bits per heavy atom. The molecule has 0 amide bonds. The molecule has 1 heterocycles. The molecule has 0 N–H and O–H groups in total. The molecule has 2 aromatic rings. The molecule has 1 nitrogen and oxygen atoms in total. The van der Waals surface area contributed by atoms with Gasteiger partial charge in [-0.2, -0.15) is 0 Å². The third kappa shape index (κ3) is 5.00. The van der Waals surface area contributed by atoms with Crippen LogP contribution in [-0.4, -0.2) is 7.25 Å². The number of fused-ring (bicyclic) bond motifs is 1. The molecule has 0 aliphatic carbocycles. The van der Waals surface area contributed by atoms with E-state index in [0.29, 0.717) is 0 Å². The zero-order valence-corrected chi connectivity index (χ0v) is 7.54. The molecule has 0 spiro atoms. The van der Waals surface area contributed by atoms with Crippen LogP contribution in [-0.2, 0) is 0 Å². The summed E-state index contributed by atoms with van der Waals surface area (Å²) in [6.45, 7) is 0. The third-order valence-electron chi connectivity index (χ3n) is 1.47. The first kappa shape index (κ1) is 11.5. The van der Waals surface area contributed by atoms with Gasteiger partial charge in [-0.3, -0.25) is 0 Å². The zero-order chi connectivity index (χ0) is 11.3. The maximum absolute atomic E-state index is 9.75. The number of halogens is 4. The molecule has 0 fully saturated rings. The number of benzene rings is 1. The number of rotatable bonds is 0. The second-order valence-electron chi connectivity index (χ2n) is 2.65. The molecule has 15 heavy (non-hydrogen) atoms. The van der Waals surface area contributed by atoms with E-state index in [0.717, 1.165) is 11.0 Å². The van der Waals surface area contributed by atoms with Gasteiger partial charge in [-0.05, 0) is 12.1 Å². The normalized spacial score (nSPS) is 10.7. The molecule has 0 bridgehead atoms. The van der Waals surface area contributed by atoms with E-state index >= 15 is 0 Å². The van der Waals surface area contributed by atoms with E-state index in [9.17, 15) is 17.3 Å². The fourth-order valence-electron chi connectivity index (χ4n) is 0.981. The van der Waals surface area contributed by atoms with E-state index in [4.69, 9.17) is 4.42 Å². The number of hydrogen-bond donors (Lipinski definition) is 0. The average molecular weight is 218 g/mol. The van der Waals surface area contributed by atoms with Crippen LogP contribution in [0.5, 0.6) is 0 Å². The highest BCUT2D eigenvalue weighted by atomic mass is 19.5. The predicted octanol–water partition coefficient (Wildman–Crippen LogP) is 4.01. The third-order valence-corrected chi connectivity index (χ3v) is 1.47. The first-order valence-corrected chi connectivity index (χ1v) is 4.10. The summed E-state index contributed by atoms with van der Waals surface area (Å²) in [7, 11) is -6.00. The minimum atomic E-state index is -6.00. The summed E-state index contributed by atoms with van der Waals surface area (Å²) in [6.07, 6.45) is 1.68. The number of hydrogen-bond acceptors (Lipinski definition) is 0. The molecule has 0 unspecified atom stereocenters. The molecule has 80 valence electrons. The average Bonchev–Trinajstić information content (AvgIpc) is 2.16. The maximum Gasteiger partial charge on any atom is 0.673 e. The van der Waals surface area contributed by atoms with Crippen LogP contribution < -0.4 is 0 Å². The van der Waals surface area contributed by atoms with Gasteiger partial charge in [0.15, 0.2) is 0 Å². The molecule has 0 aliphatic heterocycles. The predicted molar refractivity (Wildman–Crippen MR) is 50.8 cm³/mol. The van der Waals surface area contributed by atoms with Crippen LogP contribution in [0, 0.1) is 0 Å². The van der Waals surface area contributed by atoms with Crippen LogP contribution >= 0.6 is 0 Å². The second-order valence-corrected chi connectivity index (χ2v) is 2.65. The Morgan fingerprint density at radius 1 is 0.867 bits per heavy atom. The minimum Gasteiger partial charge on any atom is -0.418 e. The molecule has 0 saturated carbocycles. The van der Waals surface area contributed by atoms with Crippen molar-refractivity contribution < 1.29 is 21.7 Å². The Morgan fingerprint density at radius 3 is 2.00 bits per heavy atom. The van der Waals surface area contributed by atoms with Gasteiger partial charge < -0.3 is 17.3 Å². The van der Waals surface area contributed by atoms with Crippen LogP contribution in [0.25, 0.3) is 11.0 Å². The van der Waals surface area contributed by atoms with Crippen molar-refractivity contribution in [1.82, 2.24) is 0 Å². The van der Waals surface area contributed by atoms with Gasteiger partial charge in [0.25, 0.3) is 0 Å². The summed E-state index contributed by atoms with van der Waals surface area (Å²) >= 11 is 0. The molecule has 0 radical (unpaired) electrons. The largest absolute Gasteiger partial charge is 0.673 e. The molecular weight excluding hydrogens is 211 g/mol. The van der Waals surface area contributed by atoms with E-state index < -0.39 is 7.25 Å². The minimum absolute atomic E-state index is 0.935. The zero-order valence-electron chi connectivity index (χ0n) is 7.54. The SMILES string of the molecule is F[B-](F)(F)F.c1ccc2[o+]cccc2c1. The first-order valence-electron chi connectivity index (χ1n) is 4.10. The molecule has 2 rings (SSSR count). The lowest BCUT2D eigenvalue weighted by molar-refractivity contribution is 0.368. The fourth-order valence-corrected chi connectivity index (χ4v) is 0.981. The first-order chi connectivity index (χ1) is 6.97. The highest BCUT2D eigenvalue weighted by Crippen LogP contribution is 2.11. The molecule has 0 saturated heterocycles. The van der Waals surface area contributed by atoms with Gasteiger partial charge in [-0.25, -0.2) is 4.42 Å². The summed E-state index contributed by atoms with van der Waals surface area (Å²) in [5, 5.41) is 1.14. The van der Waals surface area contributed by atoms with Crippen molar-refractivity contribution in [2.45, 2.75) is 0 Å². The molecule has 1 aromatic heterocycles. The van der Waals surface area contributed by atoms with Crippen LogP contribution in [0.2, 0.25) is 0 Å². The number of para-hydroxylation sites is 1. The van der Waals surface area contributed by atoms with E-state index in [1.807, 2.05) is 36.4 Å².